The van der Waals surface area contributed by atoms with E-state index in [1.807, 2.05) is 12.1 Å². The lowest BCUT2D eigenvalue weighted by Gasteiger charge is -2.28. The first-order valence-electron chi connectivity index (χ1n) is 6.85. The summed E-state index contributed by atoms with van der Waals surface area (Å²) in [4.78, 5) is 8.90. The first-order chi connectivity index (χ1) is 10.3. The Morgan fingerprint density at radius 3 is 2.36 bits per heavy atom. The van der Waals surface area contributed by atoms with Crippen molar-refractivity contribution in [1.82, 2.24) is 15.5 Å². The van der Waals surface area contributed by atoms with Gasteiger partial charge in [0.15, 0.2) is 0 Å². The summed E-state index contributed by atoms with van der Waals surface area (Å²) in [5, 5.41) is 18.5. The third-order valence-corrected chi connectivity index (χ3v) is 3.51. The molecule has 0 radical (unpaired) electrons. The second-order valence-electron chi connectivity index (χ2n) is 5.21. The van der Waals surface area contributed by atoms with Gasteiger partial charge in [0.25, 0.3) is 0 Å². The molecule has 3 atom stereocenters. The van der Waals surface area contributed by atoms with E-state index < -0.39 is 12.1 Å². The number of nitrogens with one attached hydrogen (secondary N) is 1. The quantitative estimate of drug-likeness (QED) is 0.864. The van der Waals surface area contributed by atoms with Crippen LogP contribution in [-0.2, 0) is 4.79 Å². The zero-order chi connectivity index (χ0) is 16.2. The van der Waals surface area contributed by atoms with E-state index in [0.29, 0.717) is 24.1 Å². The summed E-state index contributed by atoms with van der Waals surface area (Å²) in [7, 11) is 0. The average molecular weight is 319 g/mol. The molecule has 3 heterocycles. The molecule has 22 heavy (non-hydrogen) atoms. The Bertz CT molecular complexity index is 486. The summed E-state index contributed by atoms with van der Waals surface area (Å²) in [6.45, 7) is 0. The number of carboxylic acid groups (broad SMARTS) is 1. The van der Waals surface area contributed by atoms with Crippen LogP contribution in [0.25, 0.3) is 0 Å². The Morgan fingerprint density at radius 2 is 1.91 bits per heavy atom. The summed E-state index contributed by atoms with van der Waals surface area (Å²) in [5.74, 6) is -2.10. The van der Waals surface area contributed by atoms with Crippen molar-refractivity contribution >= 4 is 5.97 Å². The summed E-state index contributed by atoms with van der Waals surface area (Å²) >= 11 is 0. The van der Waals surface area contributed by atoms with Gasteiger partial charge in [0.05, 0.1) is 0 Å². The monoisotopic (exact) mass is 319 g/mol. The molecule has 122 valence electrons. The second-order valence-corrected chi connectivity index (χ2v) is 5.21. The van der Waals surface area contributed by atoms with Gasteiger partial charge in [-0.1, -0.05) is 0 Å². The standard InChI is InChI=1S/C11H15N3O.C2HF3O2/c1-2-11(14-12-5-1)15-10-6-8-3-4-9(7-10)13-8;3-2(4,5)1(6)7/h1-2,5,8-10,13H,3-4,6-7H2;(H,6,7)/t8-,9+,10-;. The number of aromatic nitrogens is 2. The van der Waals surface area contributed by atoms with Gasteiger partial charge in [0.1, 0.15) is 6.10 Å². The summed E-state index contributed by atoms with van der Waals surface area (Å²) in [5.41, 5.74) is 0. The first-order valence-corrected chi connectivity index (χ1v) is 6.85. The van der Waals surface area contributed by atoms with Crippen molar-refractivity contribution in [2.45, 2.75) is 50.0 Å². The molecule has 9 heteroatoms. The largest absolute Gasteiger partial charge is 0.490 e. The molecule has 2 fully saturated rings. The number of halogens is 3. The van der Waals surface area contributed by atoms with Crippen molar-refractivity contribution < 1.29 is 27.8 Å². The van der Waals surface area contributed by atoms with Crippen LogP contribution in [-0.4, -0.2) is 45.6 Å². The molecule has 2 N–H and O–H groups in total. The van der Waals surface area contributed by atoms with Crippen molar-refractivity contribution in [3.05, 3.63) is 18.3 Å². The zero-order valence-electron chi connectivity index (χ0n) is 11.6. The zero-order valence-corrected chi connectivity index (χ0v) is 11.6. The van der Waals surface area contributed by atoms with Gasteiger partial charge in [-0.05, 0) is 31.7 Å². The van der Waals surface area contributed by atoms with Gasteiger partial charge in [-0.2, -0.15) is 18.3 Å². The number of carboxylic acids is 1. The minimum Gasteiger partial charge on any atom is -0.475 e. The highest BCUT2D eigenvalue weighted by Gasteiger charge is 2.38. The average Bonchev–Trinajstić information content (AvgIpc) is 2.79. The number of hydrogen-bond donors (Lipinski definition) is 2. The van der Waals surface area contributed by atoms with Crippen molar-refractivity contribution in [1.29, 1.82) is 0 Å². The van der Waals surface area contributed by atoms with Crippen LogP contribution in [0.15, 0.2) is 18.3 Å². The van der Waals surface area contributed by atoms with Crippen LogP contribution in [0.5, 0.6) is 5.88 Å². The summed E-state index contributed by atoms with van der Waals surface area (Å²) in [6.07, 6.45) is 1.70. The molecule has 2 saturated heterocycles. The smallest absolute Gasteiger partial charge is 0.475 e. The Kier molecular flexibility index (Phi) is 5.17. The van der Waals surface area contributed by atoms with E-state index in [0.717, 1.165) is 12.8 Å². The van der Waals surface area contributed by atoms with Crippen molar-refractivity contribution in [2.75, 3.05) is 0 Å². The van der Waals surface area contributed by atoms with Crippen LogP contribution >= 0.6 is 0 Å². The van der Waals surface area contributed by atoms with Crippen molar-refractivity contribution in [2.24, 2.45) is 0 Å². The van der Waals surface area contributed by atoms with E-state index in [9.17, 15) is 13.2 Å². The highest BCUT2D eigenvalue weighted by atomic mass is 19.4. The van der Waals surface area contributed by atoms with Gasteiger partial charge >= 0.3 is 12.1 Å². The molecular weight excluding hydrogens is 303 g/mol. The van der Waals surface area contributed by atoms with Crippen LogP contribution in [0, 0.1) is 0 Å². The fraction of sp³-hybridized carbons (Fsp3) is 0.615. The highest BCUT2D eigenvalue weighted by Crippen LogP contribution is 2.28. The third-order valence-electron chi connectivity index (χ3n) is 3.51. The van der Waals surface area contributed by atoms with Crippen LogP contribution < -0.4 is 10.1 Å². The number of alkyl halides is 3. The normalized spacial score (nSPS) is 26.8. The number of ether oxygens (including phenoxy) is 1. The van der Waals surface area contributed by atoms with Crippen molar-refractivity contribution in [3.63, 3.8) is 0 Å². The Balaban J connectivity index is 0.000000217. The maximum absolute atomic E-state index is 10.6. The Hall–Kier alpha value is -1.90. The van der Waals surface area contributed by atoms with Crippen LogP contribution in [0.2, 0.25) is 0 Å². The van der Waals surface area contributed by atoms with Crippen LogP contribution in [0.4, 0.5) is 13.2 Å². The number of piperidine rings is 1. The predicted octanol–water partition coefficient (Wildman–Crippen LogP) is 1.77. The molecule has 2 bridgehead atoms. The van der Waals surface area contributed by atoms with Gasteiger partial charge in [-0.15, -0.1) is 5.10 Å². The van der Waals surface area contributed by atoms with E-state index in [2.05, 4.69) is 15.5 Å². The number of hydrogen-bond acceptors (Lipinski definition) is 5. The van der Waals surface area contributed by atoms with E-state index in [1.54, 1.807) is 6.20 Å². The molecule has 6 nitrogen and oxygen atoms in total. The molecule has 0 aliphatic carbocycles. The van der Waals surface area contributed by atoms with Gasteiger partial charge < -0.3 is 15.2 Å². The summed E-state index contributed by atoms with van der Waals surface area (Å²) in [6, 6.07) is 5.05. The SMILES string of the molecule is O=C(O)C(F)(F)F.c1cnnc(O[C@@H]2C[C@H]3CC[C@@H](C2)N3)c1. The van der Waals surface area contributed by atoms with Gasteiger partial charge in [0.2, 0.25) is 5.88 Å². The fourth-order valence-corrected chi connectivity index (χ4v) is 2.62. The van der Waals surface area contributed by atoms with Crippen molar-refractivity contribution in [3.8, 4) is 5.88 Å². The Morgan fingerprint density at radius 1 is 1.32 bits per heavy atom. The second kappa shape index (κ2) is 6.91. The van der Waals surface area contributed by atoms with Gasteiger partial charge in [-0.25, -0.2) is 4.79 Å². The van der Waals surface area contributed by atoms with E-state index >= 15 is 0 Å². The molecular formula is C13H16F3N3O3. The number of rotatable bonds is 2. The number of carbonyl (C=O) groups is 1. The lowest BCUT2D eigenvalue weighted by molar-refractivity contribution is -0.192. The molecule has 0 unspecified atom stereocenters. The molecule has 1 aromatic rings. The predicted molar refractivity (Wildman–Crippen MR) is 69.3 cm³/mol. The molecule has 0 spiro atoms. The molecule has 0 amide bonds. The lowest BCUT2D eigenvalue weighted by atomic mass is 10.0. The van der Waals surface area contributed by atoms with E-state index in [1.165, 1.54) is 12.8 Å². The molecule has 2 aliphatic heterocycles. The minimum atomic E-state index is -5.08. The van der Waals surface area contributed by atoms with Crippen LogP contribution in [0.1, 0.15) is 25.7 Å². The topological polar surface area (TPSA) is 84.3 Å². The van der Waals surface area contributed by atoms with E-state index in [-0.39, 0.29) is 0 Å². The molecule has 0 saturated carbocycles. The Labute approximate surface area is 124 Å². The number of aliphatic carboxylic acids is 1. The van der Waals surface area contributed by atoms with Crippen LogP contribution in [0.3, 0.4) is 0 Å². The third kappa shape index (κ3) is 4.83. The fourth-order valence-electron chi connectivity index (χ4n) is 2.62. The molecule has 3 rings (SSSR count). The molecule has 2 aliphatic rings. The van der Waals surface area contributed by atoms with Gasteiger partial charge in [-0.3, -0.25) is 0 Å². The maximum Gasteiger partial charge on any atom is 0.490 e. The number of nitrogens with zero attached hydrogens (tertiary/aromatic N) is 2. The highest BCUT2D eigenvalue weighted by molar-refractivity contribution is 5.73. The lowest BCUT2D eigenvalue weighted by Crippen LogP contribution is -2.42. The molecule has 1 aromatic heterocycles. The molecule has 0 aromatic carbocycles. The minimum absolute atomic E-state index is 0.320. The van der Waals surface area contributed by atoms with Gasteiger partial charge in [0, 0.05) is 24.3 Å². The van der Waals surface area contributed by atoms with E-state index in [4.69, 9.17) is 14.6 Å². The maximum atomic E-state index is 10.6. The summed E-state index contributed by atoms with van der Waals surface area (Å²) < 4.78 is 37.6. The first kappa shape index (κ1) is 16.5. The number of fused-ring (bicyclic) bond motifs is 2.